The predicted molar refractivity (Wildman–Crippen MR) is 102 cm³/mol. The van der Waals surface area contributed by atoms with Crippen molar-refractivity contribution in [3.63, 3.8) is 0 Å². The van der Waals surface area contributed by atoms with Crippen molar-refractivity contribution >= 4 is 35.7 Å². The lowest BCUT2D eigenvalue weighted by atomic mass is 9.94. The number of ether oxygens (including phenoxy) is 1. The molecule has 5 nitrogen and oxygen atoms in total. The van der Waals surface area contributed by atoms with Gasteiger partial charge in [-0.05, 0) is 31.5 Å². The van der Waals surface area contributed by atoms with E-state index in [4.69, 9.17) is 4.74 Å². The van der Waals surface area contributed by atoms with Gasteiger partial charge in [-0.3, -0.25) is 4.98 Å². The van der Waals surface area contributed by atoms with Gasteiger partial charge >= 0.3 is 0 Å². The van der Waals surface area contributed by atoms with Crippen LogP contribution in [-0.4, -0.2) is 48.5 Å². The topological polar surface area (TPSA) is 66.4 Å². The molecule has 1 aromatic heterocycles. The average Bonchev–Trinajstić information content (AvgIpc) is 2.55. The highest BCUT2D eigenvalue weighted by atomic mass is 35.5. The second kappa shape index (κ2) is 10.0. The van der Waals surface area contributed by atoms with E-state index in [1.165, 1.54) is 0 Å². The molecule has 1 atom stereocenters. The Morgan fingerprint density at radius 3 is 2.88 bits per heavy atom. The van der Waals surface area contributed by atoms with Gasteiger partial charge in [0.1, 0.15) is 17.9 Å². The first kappa shape index (κ1) is 20.9. The summed E-state index contributed by atoms with van der Waals surface area (Å²) in [6, 6.07) is 9.89. The first-order chi connectivity index (χ1) is 10.8. The molecular weight excluding hydrogens is 349 g/mol. The van der Waals surface area contributed by atoms with Crippen molar-refractivity contribution in [2.24, 2.45) is 0 Å². The molecule has 24 heavy (non-hydrogen) atoms. The van der Waals surface area contributed by atoms with Crippen LogP contribution in [0.4, 0.5) is 0 Å². The number of rotatable bonds is 6. The number of piperidine rings is 1. The van der Waals surface area contributed by atoms with E-state index in [1.807, 2.05) is 30.3 Å². The number of β-amino-alcohol motifs (C(OH)–C–C–N with tert-alkyl or cyclic N) is 1. The van der Waals surface area contributed by atoms with Crippen LogP contribution in [0.25, 0.3) is 10.9 Å². The van der Waals surface area contributed by atoms with Crippen LogP contribution in [0.1, 0.15) is 12.8 Å². The lowest BCUT2D eigenvalue weighted by Gasteiger charge is -2.32. The fourth-order valence-corrected chi connectivity index (χ4v) is 2.85. The Bertz CT molecular complexity index is 616. The summed E-state index contributed by atoms with van der Waals surface area (Å²) in [7, 11) is 0. The molecule has 2 heterocycles. The molecule has 1 aliphatic heterocycles. The minimum absolute atomic E-state index is 0. The molecule has 1 aromatic carbocycles. The largest absolute Gasteiger partial charge is 0.490 e. The number of para-hydroxylation sites is 1. The number of aliphatic hydroxyl groups is 1. The number of aromatic nitrogens is 1. The quantitative estimate of drug-likeness (QED) is 0.677. The third-order valence-electron chi connectivity index (χ3n) is 4.04. The molecule has 1 saturated heterocycles. The van der Waals surface area contributed by atoms with Gasteiger partial charge in [0.2, 0.25) is 0 Å². The molecule has 3 rings (SSSR count). The molecule has 3 N–H and O–H groups in total. The summed E-state index contributed by atoms with van der Waals surface area (Å²) < 4.78 is 5.82. The maximum atomic E-state index is 10.4. The number of nitrogens with zero attached hydrogens (tertiary/aromatic N) is 1. The van der Waals surface area contributed by atoms with Gasteiger partial charge in [-0.2, -0.15) is 0 Å². The van der Waals surface area contributed by atoms with Crippen LogP contribution in [0.5, 0.6) is 5.75 Å². The van der Waals surface area contributed by atoms with E-state index in [2.05, 4.69) is 15.6 Å². The smallest absolute Gasteiger partial charge is 0.145 e. The Labute approximate surface area is 155 Å². The Morgan fingerprint density at radius 2 is 2.08 bits per heavy atom. The molecule has 0 aliphatic carbocycles. The van der Waals surface area contributed by atoms with Gasteiger partial charge in [-0.1, -0.05) is 18.2 Å². The van der Waals surface area contributed by atoms with Gasteiger partial charge in [0.15, 0.2) is 0 Å². The maximum absolute atomic E-state index is 10.4. The van der Waals surface area contributed by atoms with Crippen molar-refractivity contribution in [3.8, 4) is 5.75 Å². The summed E-state index contributed by atoms with van der Waals surface area (Å²) >= 11 is 0. The SMILES string of the molecule is Cl.Cl.OC1(CNCCOc2cccc3cccnc23)CCCNC1. The van der Waals surface area contributed by atoms with Crippen LogP contribution in [0.2, 0.25) is 0 Å². The number of pyridine rings is 1. The summed E-state index contributed by atoms with van der Waals surface area (Å²) in [6.07, 6.45) is 3.65. The first-order valence-electron chi connectivity index (χ1n) is 7.87. The van der Waals surface area contributed by atoms with Crippen molar-refractivity contribution in [3.05, 3.63) is 36.5 Å². The highest BCUT2D eigenvalue weighted by molar-refractivity contribution is 5.85. The molecule has 0 bridgehead atoms. The van der Waals surface area contributed by atoms with Crippen LogP contribution in [-0.2, 0) is 0 Å². The van der Waals surface area contributed by atoms with Gasteiger partial charge < -0.3 is 20.5 Å². The number of halogens is 2. The number of hydrogen-bond acceptors (Lipinski definition) is 5. The van der Waals surface area contributed by atoms with Gasteiger partial charge in [-0.15, -0.1) is 24.8 Å². The van der Waals surface area contributed by atoms with Crippen molar-refractivity contribution in [1.82, 2.24) is 15.6 Å². The van der Waals surface area contributed by atoms with Crippen LogP contribution >= 0.6 is 24.8 Å². The average molecular weight is 374 g/mol. The van der Waals surface area contributed by atoms with Crippen LogP contribution in [0.3, 0.4) is 0 Å². The minimum atomic E-state index is -0.626. The van der Waals surface area contributed by atoms with E-state index in [-0.39, 0.29) is 24.8 Å². The normalized spacial score (nSPS) is 20.0. The molecule has 1 unspecified atom stereocenters. The molecular formula is C17H25Cl2N3O2. The van der Waals surface area contributed by atoms with E-state index in [0.717, 1.165) is 36.0 Å². The summed E-state index contributed by atoms with van der Waals surface area (Å²) in [5.74, 6) is 0.804. The Balaban J connectivity index is 0.00000144. The number of benzene rings is 1. The van der Waals surface area contributed by atoms with Crippen LogP contribution < -0.4 is 15.4 Å². The third kappa shape index (κ3) is 5.46. The molecule has 7 heteroatoms. The van der Waals surface area contributed by atoms with E-state index in [0.29, 0.717) is 26.2 Å². The third-order valence-corrected chi connectivity index (χ3v) is 4.04. The van der Waals surface area contributed by atoms with E-state index in [1.54, 1.807) is 6.20 Å². The number of hydrogen-bond donors (Lipinski definition) is 3. The fraction of sp³-hybridized carbons (Fsp3) is 0.471. The molecule has 0 spiro atoms. The zero-order valence-electron chi connectivity index (χ0n) is 13.5. The van der Waals surface area contributed by atoms with E-state index in [9.17, 15) is 5.11 Å². The molecule has 2 aromatic rings. The molecule has 0 saturated carbocycles. The van der Waals surface area contributed by atoms with Gasteiger partial charge in [0.25, 0.3) is 0 Å². The van der Waals surface area contributed by atoms with Crippen molar-refractivity contribution in [2.75, 3.05) is 32.8 Å². The van der Waals surface area contributed by atoms with Crippen molar-refractivity contribution in [1.29, 1.82) is 0 Å². The molecule has 1 fully saturated rings. The summed E-state index contributed by atoms with van der Waals surface area (Å²) in [5.41, 5.74) is 0.263. The lowest BCUT2D eigenvalue weighted by molar-refractivity contribution is 0.0167. The Morgan fingerprint density at radius 1 is 1.25 bits per heavy atom. The first-order valence-corrected chi connectivity index (χ1v) is 7.87. The standard InChI is InChI=1S/C17H23N3O2.2ClH/c21-17(7-3-8-18-12-17)13-19-10-11-22-15-6-1-4-14-5-2-9-20-16(14)15;;/h1-2,4-6,9,18-19,21H,3,7-8,10-13H2;2*1H. The van der Waals surface area contributed by atoms with Crippen LogP contribution in [0.15, 0.2) is 36.5 Å². The highest BCUT2D eigenvalue weighted by Gasteiger charge is 2.28. The summed E-state index contributed by atoms with van der Waals surface area (Å²) in [4.78, 5) is 4.37. The minimum Gasteiger partial charge on any atom is -0.490 e. The number of fused-ring (bicyclic) bond motifs is 1. The fourth-order valence-electron chi connectivity index (χ4n) is 2.85. The molecule has 1 aliphatic rings. The number of nitrogens with one attached hydrogen (secondary N) is 2. The lowest BCUT2D eigenvalue weighted by Crippen LogP contribution is -2.52. The predicted octanol–water partition coefficient (Wildman–Crippen LogP) is 2.16. The second-order valence-corrected chi connectivity index (χ2v) is 5.86. The van der Waals surface area contributed by atoms with Gasteiger partial charge in [0, 0.05) is 31.2 Å². The Kier molecular flexibility index (Phi) is 8.73. The Hall–Kier alpha value is -1.11. The van der Waals surface area contributed by atoms with Gasteiger partial charge in [-0.25, -0.2) is 0 Å². The zero-order chi connectivity index (χ0) is 15.3. The van der Waals surface area contributed by atoms with Crippen molar-refractivity contribution in [2.45, 2.75) is 18.4 Å². The maximum Gasteiger partial charge on any atom is 0.145 e. The summed E-state index contributed by atoms with van der Waals surface area (Å²) in [5, 5.41) is 17.9. The molecule has 0 radical (unpaired) electrons. The highest BCUT2D eigenvalue weighted by Crippen LogP contribution is 2.22. The van der Waals surface area contributed by atoms with Crippen molar-refractivity contribution < 1.29 is 9.84 Å². The van der Waals surface area contributed by atoms with Crippen LogP contribution in [0, 0.1) is 0 Å². The van der Waals surface area contributed by atoms with Gasteiger partial charge in [0.05, 0.1) is 5.60 Å². The monoisotopic (exact) mass is 373 g/mol. The van der Waals surface area contributed by atoms with E-state index >= 15 is 0 Å². The molecule has 134 valence electrons. The molecule has 0 amide bonds. The zero-order valence-corrected chi connectivity index (χ0v) is 15.2. The summed E-state index contributed by atoms with van der Waals surface area (Å²) in [6.45, 7) is 3.51. The second-order valence-electron chi connectivity index (χ2n) is 5.86. The van der Waals surface area contributed by atoms with E-state index < -0.39 is 5.60 Å².